The average Bonchev–Trinajstić information content (AvgIpc) is 3.64. The minimum Gasteiger partial charge on any atom is -0.350 e. The number of aromatic amines is 1. The molecule has 1 saturated heterocycles. The van der Waals surface area contributed by atoms with E-state index in [1.807, 2.05) is 0 Å². The Morgan fingerprint density at radius 1 is 1.26 bits per heavy atom. The maximum absolute atomic E-state index is 13.4. The molecule has 0 aliphatic carbocycles. The first-order valence-electron chi connectivity index (χ1n) is 11.9. The van der Waals surface area contributed by atoms with Crippen molar-refractivity contribution in [3.8, 4) is 11.3 Å². The fourth-order valence-electron chi connectivity index (χ4n) is 4.27. The van der Waals surface area contributed by atoms with E-state index in [0.29, 0.717) is 12.2 Å². The van der Waals surface area contributed by atoms with Crippen LogP contribution in [0, 0.1) is 0 Å². The van der Waals surface area contributed by atoms with Gasteiger partial charge in [-0.2, -0.15) is 18.3 Å². The monoisotopic (exact) mass is 561 g/mol. The Morgan fingerprint density at radius 3 is 2.79 bits per heavy atom. The highest BCUT2D eigenvalue weighted by Crippen LogP contribution is 2.36. The van der Waals surface area contributed by atoms with E-state index in [1.54, 1.807) is 13.0 Å². The molecule has 1 aliphatic heterocycles. The van der Waals surface area contributed by atoms with Crippen LogP contribution in [-0.4, -0.2) is 61.6 Å². The smallest absolute Gasteiger partial charge is 0.350 e. The number of alkyl halides is 3. The molecular weight excluding hydrogens is 539 g/mol. The Bertz CT molecular complexity index is 1530. The highest BCUT2D eigenvalue weighted by molar-refractivity contribution is 6.34. The molecule has 0 bridgehead atoms. The van der Waals surface area contributed by atoms with E-state index in [0.717, 1.165) is 19.2 Å². The first kappa shape index (κ1) is 26.4. The Morgan fingerprint density at radius 2 is 2.08 bits per heavy atom. The van der Waals surface area contributed by atoms with Crippen molar-refractivity contribution >= 4 is 40.6 Å². The summed E-state index contributed by atoms with van der Waals surface area (Å²) in [4.78, 5) is 33.6. The predicted octanol–water partition coefficient (Wildman–Crippen LogP) is 3.13. The summed E-state index contributed by atoms with van der Waals surface area (Å²) in [5, 5.41) is 17.4. The van der Waals surface area contributed by atoms with Gasteiger partial charge in [-0.05, 0) is 38.1 Å². The molecule has 3 aromatic heterocycles. The normalized spacial score (nSPS) is 16.3. The lowest BCUT2D eigenvalue weighted by Gasteiger charge is -2.18. The topological polar surface area (TPSA) is 141 Å². The molecule has 39 heavy (non-hydrogen) atoms. The Labute approximate surface area is 224 Å². The van der Waals surface area contributed by atoms with E-state index in [9.17, 15) is 22.8 Å². The number of hydrogen-bond acceptors (Lipinski definition) is 7. The van der Waals surface area contributed by atoms with Crippen LogP contribution in [0.4, 0.5) is 24.7 Å². The van der Waals surface area contributed by atoms with Crippen molar-refractivity contribution < 1.29 is 22.8 Å². The molecule has 2 atom stereocenters. The van der Waals surface area contributed by atoms with Crippen molar-refractivity contribution in [3.05, 3.63) is 59.3 Å². The van der Waals surface area contributed by atoms with E-state index >= 15 is 0 Å². The number of amides is 2. The molecule has 1 fully saturated rings. The molecular formula is C24H23ClF3N9O2. The number of fused-ring (bicyclic) bond motifs is 1. The van der Waals surface area contributed by atoms with Crippen molar-refractivity contribution in [1.82, 2.24) is 40.5 Å². The van der Waals surface area contributed by atoms with E-state index in [2.05, 4.69) is 41.4 Å². The molecule has 2 amide bonds. The summed E-state index contributed by atoms with van der Waals surface area (Å²) < 4.78 is 41.5. The summed E-state index contributed by atoms with van der Waals surface area (Å²) in [6, 6.07) is 3.84. The molecule has 15 heteroatoms. The quantitative estimate of drug-likeness (QED) is 0.233. The van der Waals surface area contributed by atoms with Gasteiger partial charge in [0.1, 0.15) is 6.04 Å². The van der Waals surface area contributed by atoms with Gasteiger partial charge < -0.3 is 21.3 Å². The molecule has 1 aliphatic rings. The van der Waals surface area contributed by atoms with Crippen LogP contribution in [-0.2, 0) is 11.0 Å². The number of anilines is 2. The van der Waals surface area contributed by atoms with Crippen molar-refractivity contribution in [2.75, 3.05) is 18.4 Å². The minimum atomic E-state index is -4.65. The number of benzene rings is 1. The summed E-state index contributed by atoms with van der Waals surface area (Å²) in [6.07, 6.45) is 1.52. The zero-order valence-corrected chi connectivity index (χ0v) is 21.2. The number of imidazole rings is 1. The lowest BCUT2D eigenvalue weighted by Crippen LogP contribution is -2.48. The summed E-state index contributed by atoms with van der Waals surface area (Å²) in [7, 11) is 0. The molecule has 5 rings (SSSR count). The van der Waals surface area contributed by atoms with Crippen LogP contribution < -0.4 is 21.3 Å². The average molecular weight is 562 g/mol. The molecule has 0 saturated carbocycles. The second kappa shape index (κ2) is 10.5. The van der Waals surface area contributed by atoms with Crippen LogP contribution in [0.15, 0.2) is 43.0 Å². The van der Waals surface area contributed by atoms with Gasteiger partial charge in [0, 0.05) is 36.9 Å². The number of hydrogen-bond donors (Lipinski definition) is 5. The van der Waals surface area contributed by atoms with Gasteiger partial charge in [-0.15, -0.1) is 0 Å². The molecule has 5 N–H and O–H groups in total. The third kappa shape index (κ3) is 5.52. The van der Waals surface area contributed by atoms with Gasteiger partial charge >= 0.3 is 6.18 Å². The summed E-state index contributed by atoms with van der Waals surface area (Å²) in [6.45, 7) is 3.11. The molecule has 204 valence electrons. The molecule has 1 aromatic carbocycles. The Balaban J connectivity index is 1.31. The van der Waals surface area contributed by atoms with Crippen molar-refractivity contribution in [2.45, 2.75) is 31.6 Å². The molecule has 0 spiro atoms. The number of nitrogens with one attached hydrogen (secondary N) is 5. The van der Waals surface area contributed by atoms with Gasteiger partial charge in [-0.3, -0.25) is 19.1 Å². The maximum Gasteiger partial charge on any atom is 0.435 e. The van der Waals surface area contributed by atoms with Gasteiger partial charge in [0.25, 0.3) is 5.91 Å². The highest BCUT2D eigenvalue weighted by atomic mass is 35.5. The summed E-state index contributed by atoms with van der Waals surface area (Å²) >= 11 is 6.37. The fourth-order valence-corrected chi connectivity index (χ4v) is 4.53. The van der Waals surface area contributed by atoms with Crippen LogP contribution in [0.25, 0.3) is 16.9 Å². The first-order chi connectivity index (χ1) is 18.6. The SMILES string of the molecule is C[C@@H](NC(=O)c1ccc(Nc2nccn3c(-c4c[nH]nc4C(F)(F)F)cnc23)cc1Cl)C(=O)N[C@@H]1CCNC1. The third-order valence-corrected chi connectivity index (χ3v) is 6.55. The van der Waals surface area contributed by atoms with E-state index < -0.39 is 23.8 Å². The zero-order valence-electron chi connectivity index (χ0n) is 20.4. The van der Waals surface area contributed by atoms with Gasteiger partial charge in [0.2, 0.25) is 5.91 Å². The molecule has 4 aromatic rings. The standard InChI is InChI=1S/C24H23ClF3N9O2/c1-12(22(38)35-14-4-5-29-9-14)33-23(39)15-3-2-13(8-17(15)25)34-20-21-31-11-18(37(21)7-6-30-20)16-10-32-36-19(16)24(26,27)28/h2-3,6-8,10-12,14,29H,4-5,9H2,1H3,(H,30,34)(H,32,36)(H,33,39)(H,35,38)/t12-,14-/m1/s1. The van der Waals surface area contributed by atoms with Crippen LogP contribution >= 0.6 is 11.6 Å². The van der Waals surface area contributed by atoms with Gasteiger partial charge in [0.05, 0.1) is 28.0 Å². The number of H-pyrrole nitrogens is 1. The van der Waals surface area contributed by atoms with Crippen LogP contribution in [0.3, 0.4) is 0 Å². The predicted molar refractivity (Wildman–Crippen MR) is 137 cm³/mol. The summed E-state index contributed by atoms with van der Waals surface area (Å²) in [5.74, 6) is -0.555. The second-order valence-electron chi connectivity index (χ2n) is 8.97. The third-order valence-electron chi connectivity index (χ3n) is 6.24. The van der Waals surface area contributed by atoms with Crippen molar-refractivity contribution in [2.24, 2.45) is 0 Å². The number of carbonyl (C=O) groups is 2. The molecule has 4 heterocycles. The van der Waals surface area contributed by atoms with Gasteiger partial charge in [-0.25, -0.2) is 9.97 Å². The summed E-state index contributed by atoms with van der Waals surface area (Å²) in [5.41, 5.74) is -0.160. The largest absolute Gasteiger partial charge is 0.435 e. The first-order valence-corrected chi connectivity index (χ1v) is 12.3. The van der Waals surface area contributed by atoms with Crippen molar-refractivity contribution in [1.29, 1.82) is 0 Å². The fraction of sp³-hybridized carbons (Fsp3) is 0.292. The maximum atomic E-state index is 13.4. The Hall–Kier alpha value is -4.17. The number of aromatic nitrogens is 5. The highest BCUT2D eigenvalue weighted by Gasteiger charge is 2.37. The molecule has 0 unspecified atom stereocenters. The zero-order chi connectivity index (χ0) is 27.7. The minimum absolute atomic E-state index is 0.0291. The lowest BCUT2D eigenvalue weighted by atomic mass is 10.1. The van der Waals surface area contributed by atoms with E-state index in [1.165, 1.54) is 35.1 Å². The van der Waals surface area contributed by atoms with Crippen LogP contribution in [0.5, 0.6) is 0 Å². The molecule has 11 nitrogen and oxygen atoms in total. The number of carbonyl (C=O) groups excluding carboxylic acids is 2. The number of nitrogens with zero attached hydrogens (tertiary/aromatic N) is 4. The van der Waals surface area contributed by atoms with E-state index in [-0.39, 0.29) is 45.3 Å². The number of rotatable bonds is 7. The number of halogens is 4. The van der Waals surface area contributed by atoms with Crippen molar-refractivity contribution in [3.63, 3.8) is 0 Å². The van der Waals surface area contributed by atoms with Gasteiger partial charge in [0.15, 0.2) is 17.2 Å². The lowest BCUT2D eigenvalue weighted by molar-refractivity contribution is -0.140. The van der Waals surface area contributed by atoms with Crippen LogP contribution in [0.1, 0.15) is 29.4 Å². The van der Waals surface area contributed by atoms with Gasteiger partial charge in [-0.1, -0.05) is 11.6 Å². The second-order valence-corrected chi connectivity index (χ2v) is 9.38. The van der Waals surface area contributed by atoms with Crippen LogP contribution in [0.2, 0.25) is 5.02 Å². The van der Waals surface area contributed by atoms with E-state index in [4.69, 9.17) is 11.6 Å². The Kier molecular flexibility index (Phi) is 7.14. The molecule has 0 radical (unpaired) electrons.